The summed E-state index contributed by atoms with van der Waals surface area (Å²) in [5.74, 6) is -0.292. The summed E-state index contributed by atoms with van der Waals surface area (Å²) in [6, 6.07) is 11.1. The van der Waals surface area contributed by atoms with E-state index in [1.54, 1.807) is 43.3 Å². The van der Waals surface area contributed by atoms with Gasteiger partial charge in [0, 0.05) is 18.5 Å². The van der Waals surface area contributed by atoms with Gasteiger partial charge in [0.05, 0.1) is 5.69 Å². The predicted molar refractivity (Wildman–Crippen MR) is 79.8 cm³/mol. The van der Waals surface area contributed by atoms with Crippen molar-refractivity contribution in [1.82, 2.24) is 0 Å². The molecule has 0 heterocycles. The molecule has 0 saturated heterocycles. The molecule has 0 bridgehead atoms. The summed E-state index contributed by atoms with van der Waals surface area (Å²) in [4.78, 5) is 11.2. The molecule has 1 amide bonds. The van der Waals surface area contributed by atoms with Crippen molar-refractivity contribution < 1.29 is 13.9 Å². The van der Waals surface area contributed by atoms with Gasteiger partial charge in [-0.3, -0.25) is 4.79 Å². The Bertz CT molecular complexity index is 656. The van der Waals surface area contributed by atoms with E-state index in [1.807, 2.05) is 0 Å². The highest BCUT2D eigenvalue weighted by Crippen LogP contribution is 2.35. The highest BCUT2D eigenvalue weighted by atomic mass is 19.1. The lowest BCUT2D eigenvalue weighted by molar-refractivity contribution is -0.114. The maximum atomic E-state index is 14.0. The topological polar surface area (TPSA) is 64.3 Å². The molecule has 2 aromatic rings. The Morgan fingerprint density at radius 2 is 1.95 bits per heavy atom. The first kappa shape index (κ1) is 15.0. The van der Waals surface area contributed by atoms with Gasteiger partial charge >= 0.3 is 0 Å². The summed E-state index contributed by atoms with van der Waals surface area (Å²) in [6.45, 7) is 3.15. The molecule has 0 aliphatic rings. The minimum absolute atomic E-state index is 0.0744. The van der Waals surface area contributed by atoms with Crippen molar-refractivity contribution in [2.75, 3.05) is 5.32 Å². The molecule has 1 atom stereocenters. The van der Waals surface area contributed by atoms with Crippen LogP contribution in [0.5, 0.6) is 11.5 Å². The smallest absolute Gasteiger partial charge is 0.221 e. The van der Waals surface area contributed by atoms with Gasteiger partial charge in [0.15, 0.2) is 17.3 Å². The van der Waals surface area contributed by atoms with Crippen LogP contribution in [0.1, 0.15) is 25.5 Å². The molecule has 0 saturated carbocycles. The Labute approximate surface area is 122 Å². The van der Waals surface area contributed by atoms with Gasteiger partial charge in [0.2, 0.25) is 5.91 Å². The Hall–Kier alpha value is -2.40. The maximum absolute atomic E-state index is 14.0. The van der Waals surface area contributed by atoms with Crippen molar-refractivity contribution in [3.05, 3.63) is 53.8 Å². The Morgan fingerprint density at radius 3 is 2.62 bits per heavy atom. The van der Waals surface area contributed by atoms with Crippen LogP contribution in [0.4, 0.5) is 10.1 Å². The second-order valence-electron chi connectivity index (χ2n) is 4.73. The van der Waals surface area contributed by atoms with E-state index >= 15 is 0 Å². The number of carbonyl (C=O) groups excluding carboxylic acids is 1. The minimum Gasteiger partial charge on any atom is -0.452 e. The Kier molecular flexibility index (Phi) is 4.55. The zero-order valence-corrected chi connectivity index (χ0v) is 11.9. The first-order chi connectivity index (χ1) is 9.99. The summed E-state index contributed by atoms with van der Waals surface area (Å²) < 4.78 is 19.7. The zero-order chi connectivity index (χ0) is 15.4. The van der Waals surface area contributed by atoms with Crippen molar-refractivity contribution in [3.8, 4) is 11.5 Å². The third-order valence-electron chi connectivity index (χ3n) is 2.90. The fourth-order valence-corrected chi connectivity index (χ4v) is 1.95. The fourth-order valence-electron chi connectivity index (χ4n) is 1.95. The van der Waals surface area contributed by atoms with Crippen molar-refractivity contribution in [3.63, 3.8) is 0 Å². The number of benzene rings is 2. The van der Waals surface area contributed by atoms with Gasteiger partial charge in [-0.1, -0.05) is 24.3 Å². The van der Waals surface area contributed by atoms with E-state index in [-0.39, 0.29) is 17.7 Å². The summed E-state index contributed by atoms with van der Waals surface area (Å²) in [5, 5.41) is 2.64. The molecule has 0 radical (unpaired) electrons. The van der Waals surface area contributed by atoms with Crippen LogP contribution < -0.4 is 15.8 Å². The molecule has 110 valence electrons. The number of amides is 1. The van der Waals surface area contributed by atoms with Gasteiger partial charge in [-0.25, -0.2) is 4.39 Å². The molecular formula is C16H17FN2O2. The van der Waals surface area contributed by atoms with Crippen molar-refractivity contribution in [1.29, 1.82) is 0 Å². The van der Waals surface area contributed by atoms with Gasteiger partial charge in [-0.05, 0) is 25.1 Å². The Balaban J connectivity index is 2.41. The molecule has 0 aromatic heterocycles. The van der Waals surface area contributed by atoms with Crippen LogP contribution in [0, 0.1) is 5.82 Å². The molecule has 3 N–H and O–H groups in total. The van der Waals surface area contributed by atoms with E-state index in [0.717, 1.165) is 0 Å². The van der Waals surface area contributed by atoms with E-state index in [9.17, 15) is 9.18 Å². The Morgan fingerprint density at radius 1 is 1.24 bits per heavy atom. The average molecular weight is 288 g/mol. The number of ether oxygens (including phenoxy) is 1. The lowest BCUT2D eigenvalue weighted by Crippen LogP contribution is -2.09. The number of halogens is 1. The van der Waals surface area contributed by atoms with Gasteiger partial charge < -0.3 is 15.8 Å². The SMILES string of the molecule is CC(=O)Nc1ccccc1Oc1c(F)cccc1[C@H](C)N. The number of hydrogen-bond acceptors (Lipinski definition) is 3. The van der Waals surface area contributed by atoms with Crippen LogP contribution in [0.2, 0.25) is 0 Å². The second-order valence-corrected chi connectivity index (χ2v) is 4.73. The number of carbonyl (C=O) groups is 1. The molecule has 0 spiro atoms. The summed E-state index contributed by atoms with van der Waals surface area (Å²) in [5.41, 5.74) is 6.88. The molecule has 0 unspecified atom stereocenters. The first-order valence-corrected chi connectivity index (χ1v) is 6.57. The van der Waals surface area contributed by atoms with Gasteiger partial charge in [-0.15, -0.1) is 0 Å². The van der Waals surface area contributed by atoms with E-state index in [1.165, 1.54) is 13.0 Å². The molecule has 0 aliphatic carbocycles. The van der Waals surface area contributed by atoms with Gasteiger partial charge in [0.25, 0.3) is 0 Å². The molecule has 2 aromatic carbocycles. The molecule has 0 aliphatic heterocycles. The number of rotatable bonds is 4. The average Bonchev–Trinajstić information content (AvgIpc) is 2.42. The highest BCUT2D eigenvalue weighted by molar-refractivity contribution is 5.90. The van der Waals surface area contributed by atoms with Crippen LogP contribution in [0.25, 0.3) is 0 Å². The van der Waals surface area contributed by atoms with E-state index in [0.29, 0.717) is 17.0 Å². The van der Waals surface area contributed by atoms with Crippen molar-refractivity contribution >= 4 is 11.6 Å². The minimum atomic E-state index is -0.498. The molecule has 5 heteroatoms. The summed E-state index contributed by atoms with van der Waals surface area (Å²) in [7, 11) is 0. The molecule has 2 rings (SSSR count). The lowest BCUT2D eigenvalue weighted by atomic mass is 10.1. The quantitative estimate of drug-likeness (QED) is 0.903. The number of nitrogens with two attached hydrogens (primary N) is 1. The lowest BCUT2D eigenvalue weighted by Gasteiger charge is -2.16. The number of nitrogens with one attached hydrogen (secondary N) is 1. The summed E-state index contributed by atoms with van der Waals surface area (Å²) >= 11 is 0. The van der Waals surface area contributed by atoms with E-state index in [2.05, 4.69) is 5.32 Å². The molecule has 0 fully saturated rings. The fraction of sp³-hybridized carbons (Fsp3) is 0.188. The monoisotopic (exact) mass is 288 g/mol. The van der Waals surface area contributed by atoms with Crippen LogP contribution in [-0.2, 0) is 4.79 Å². The number of anilines is 1. The van der Waals surface area contributed by atoms with Crippen LogP contribution in [0.3, 0.4) is 0 Å². The van der Waals surface area contributed by atoms with Crippen molar-refractivity contribution in [2.24, 2.45) is 5.73 Å². The van der Waals surface area contributed by atoms with E-state index in [4.69, 9.17) is 10.5 Å². The second kappa shape index (κ2) is 6.37. The number of hydrogen-bond donors (Lipinski definition) is 2. The molecule has 4 nitrogen and oxygen atoms in total. The maximum Gasteiger partial charge on any atom is 0.221 e. The predicted octanol–water partition coefficient (Wildman–Crippen LogP) is 3.60. The van der Waals surface area contributed by atoms with Gasteiger partial charge in [0.1, 0.15) is 0 Å². The van der Waals surface area contributed by atoms with Crippen LogP contribution in [-0.4, -0.2) is 5.91 Å². The third kappa shape index (κ3) is 3.58. The van der Waals surface area contributed by atoms with Crippen molar-refractivity contribution in [2.45, 2.75) is 19.9 Å². The standard InChI is InChI=1S/C16H17FN2O2/c1-10(18)12-6-5-7-13(17)16(12)21-15-9-4-3-8-14(15)19-11(2)20/h3-10H,18H2,1-2H3,(H,19,20)/t10-/m0/s1. The molecule has 21 heavy (non-hydrogen) atoms. The summed E-state index contributed by atoms with van der Waals surface area (Å²) in [6.07, 6.45) is 0. The normalized spacial score (nSPS) is 11.8. The van der Waals surface area contributed by atoms with E-state index < -0.39 is 5.82 Å². The third-order valence-corrected chi connectivity index (χ3v) is 2.90. The highest BCUT2D eigenvalue weighted by Gasteiger charge is 2.15. The van der Waals surface area contributed by atoms with Crippen LogP contribution in [0.15, 0.2) is 42.5 Å². The van der Waals surface area contributed by atoms with Crippen LogP contribution >= 0.6 is 0 Å². The molecular weight excluding hydrogens is 271 g/mol. The van der Waals surface area contributed by atoms with Gasteiger partial charge in [-0.2, -0.15) is 0 Å². The zero-order valence-electron chi connectivity index (χ0n) is 11.9. The first-order valence-electron chi connectivity index (χ1n) is 6.57. The number of para-hydroxylation sites is 3. The largest absolute Gasteiger partial charge is 0.452 e.